The summed E-state index contributed by atoms with van der Waals surface area (Å²) in [6.07, 6.45) is 22.3. The summed E-state index contributed by atoms with van der Waals surface area (Å²) in [5.41, 5.74) is 0. The smallest absolute Gasteiger partial charge is 0.267 e. The summed E-state index contributed by atoms with van der Waals surface area (Å²) in [6.45, 7) is 7.48. The van der Waals surface area contributed by atoms with Crippen molar-refractivity contribution in [3.05, 3.63) is 24.3 Å². The second kappa shape index (κ2) is 24.7. The van der Waals surface area contributed by atoms with Crippen molar-refractivity contribution in [3.63, 3.8) is 0 Å². The topological polar surface area (TPSA) is 127 Å². The Labute approximate surface area is 282 Å². The van der Waals surface area contributed by atoms with Gasteiger partial charge >= 0.3 is 0 Å². The van der Waals surface area contributed by atoms with E-state index in [1.807, 2.05) is 24.3 Å². The van der Waals surface area contributed by atoms with E-state index in [9.17, 15) is 25.9 Å². The largest absolute Gasteiger partial charge is 0.490 e. The molecule has 1 aromatic rings. The van der Waals surface area contributed by atoms with Crippen LogP contribution in [-0.4, -0.2) is 48.6 Å². The van der Waals surface area contributed by atoms with Gasteiger partial charge in [0.1, 0.15) is 11.5 Å². The number of hydrogen-bond acceptors (Lipinski definition) is 6. The van der Waals surface area contributed by atoms with Crippen LogP contribution in [0.5, 0.6) is 11.5 Å². The molecule has 2 N–H and O–H groups in total. The van der Waals surface area contributed by atoms with Crippen molar-refractivity contribution in [2.24, 2.45) is 0 Å². The first kappa shape index (κ1) is 42.7. The molecule has 0 saturated heterocycles. The minimum absolute atomic E-state index is 0.160. The lowest BCUT2D eigenvalue weighted by atomic mass is 10.0. The van der Waals surface area contributed by atoms with Crippen LogP contribution in [0.2, 0.25) is 0 Å². The standard InChI is InChI=1S/C36H66O8S2/c1-5-7-9-11-13-15-17-19-21-33(25-23-31(3)45(37,38)39)43-35-27-29-36(30-28-35)44-34(26-24-32(4)46(40,41)42)22-20-18-16-14-12-10-8-6-2/h27-34H,5-26H2,1-4H3,(H,37,38,39)(H,40,41,42). The minimum Gasteiger partial charge on any atom is -0.490 e. The maximum atomic E-state index is 11.6. The van der Waals surface area contributed by atoms with Gasteiger partial charge in [-0.05, 0) is 89.5 Å². The van der Waals surface area contributed by atoms with Gasteiger partial charge in [-0.2, -0.15) is 16.8 Å². The Kier molecular flexibility index (Phi) is 22.9. The van der Waals surface area contributed by atoms with Gasteiger partial charge < -0.3 is 9.47 Å². The van der Waals surface area contributed by atoms with Crippen molar-refractivity contribution in [2.75, 3.05) is 0 Å². The van der Waals surface area contributed by atoms with Crippen LogP contribution in [0, 0.1) is 0 Å². The molecule has 1 aromatic carbocycles. The van der Waals surface area contributed by atoms with E-state index < -0.39 is 30.7 Å². The Morgan fingerprint density at radius 3 is 1.04 bits per heavy atom. The first-order valence-electron chi connectivity index (χ1n) is 18.2. The Morgan fingerprint density at radius 1 is 0.478 bits per heavy atom. The summed E-state index contributed by atoms with van der Waals surface area (Å²) in [6, 6.07) is 7.43. The quantitative estimate of drug-likeness (QED) is 0.0603. The van der Waals surface area contributed by atoms with Gasteiger partial charge in [0.15, 0.2) is 0 Å². The number of benzene rings is 1. The van der Waals surface area contributed by atoms with Crippen molar-refractivity contribution in [3.8, 4) is 11.5 Å². The molecule has 4 atom stereocenters. The highest BCUT2D eigenvalue weighted by Gasteiger charge is 2.22. The third kappa shape index (κ3) is 21.5. The lowest BCUT2D eigenvalue weighted by Gasteiger charge is -2.22. The number of unbranched alkanes of at least 4 members (excludes halogenated alkanes) is 14. The first-order chi connectivity index (χ1) is 21.9. The molecule has 0 spiro atoms. The molecule has 1 rings (SSSR count). The van der Waals surface area contributed by atoms with Crippen LogP contribution in [0.15, 0.2) is 24.3 Å². The molecule has 0 radical (unpaired) electrons. The van der Waals surface area contributed by atoms with Crippen molar-refractivity contribution in [1.82, 2.24) is 0 Å². The molecule has 10 heteroatoms. The summed E-state index contributed by atoms with van der Waals surface area (Å²) in [4.78, 5) is 0. The number of ether oxygens (including phenoxy) is 2. The molecule has 0 aliphatic heterocycles. The van der Waals surface area contributed by atoms with Gasteiger partial charge in [0.25, 0.3) is 20.2 Å². The first-order valence-corrected chi connectivity index (χ1v) is 21.2. The van der Waals surface area contributed by atoms with Gasteiger partial charge in [-0.1, -0.05) is 104 Å². The van der Waals surface area contributed by atoms with Crippen LogP contribution in [0.1, 0.15) is 169 Å². The predicted molar refractivity (Wildman–Crippen MR) is 190 cm³/mol. The Bertz CT molecular complexity index is 1000. The van der Waals surface area contributed by atoms with Gasteiger partial charge in [0.05, 0.1) is 22.7 Å². The predicted octanol–water partition coefficient (Wildman–Crippen LogP) is 10.4. The second-order valence-electron chi connectivity index (χ2n) is 13.3. The molecule has 0 saturated carbocycles. The van der Waals surface area contributed by atoms with E-state index in [1.165, 1.54) is 90.9 Å². The van der Waals surface area contributed by atoms with Crippen molar-refractivity contribution in [1.29, 1.82) is 0 Å². The van der Waals surface area contributed by atoms with Crippen LogP contribution in [0.25, 0.3) is 0 Å². The number of rotatable bonds is 30. The molecule has 0 aromatic heterocycles. The molecule has 0 fully saturated rings. The molecule has 46 heavy (non-hydrogen) atoms. The molecule has 270 valence electrons. The van der Waals surface area contributed by atoms with Crippen LogP contribution >= 0.6 is 0 Å². The van der Waals surface area contributed by atoms with Gasteiger partial charge in [0.2, 0.25) is 0 Å². The summed E-state index contributed by atoms with van der Waals surface area (Å²) in [7, 11) is -8.16. The van der Waals surface area contributed by atoms with E-state index >= 15 is 0 Å². The average molecular weight is 691 g/mol. The lowest BCUT2D eigenvalue weighted by molar-refractivity contribution is 0.168. The van der Waals surface area contributed by atoms with Crippen LogP contribution < -0.4 is 9.47 Å². The van der Waals surface area contributed by atoms with Crippen molar-refractivity contribution in [2.45, 2.75) is 192 Å². The third-order valence-electron chi connectivity index (χ3n) is 9.00. The summed E-state index contributed by atoms with van der Waals surface area (Å²) < 4.78 is 77.8. The molecule has 0 aliphatic rings. The normalized spacial score (nSPS) is 14.9. The molecule has 4 unspecified atom stereocenters. The Balaban J connectivity index is 2.75. The summed E-state index contributed by atoms with van der Waals surface area (Å²) in [5.74, 6) is 1.35. The molecular formula is C36H66O8S2. The van der Waals surface area contributed by atoms with E-state index in [-0.39, 0.29) is 12.2 Å². The highest BCUT2D eigenvalue weighted by atomic mass is 32.2. The highest BCUT2D eigenvalue weighted by molar-refractivity contribution is 7.86. The molecular weight excluding hydrogens is 625 g/mol. The van der Waals surface area contributed by atoms with E-state index in [4.69, 9.17) is 9.47 Å². The van der Waals surface area contributed by atoms with Crippen LogP contribution in [0.4, 0.5) is 0 Å². The fourth-order valence-corrected chi connectivity index (χ4v) is 6.52. The maximum absolute atomic E-state index is 11.6. The minimum atomic E-state index is -4.08. The van der Waals surface area contributed by atoms with Crippen LogP contribution in [-0.2, 0) is 20.2 Å². The van der Waals surface area contributed by atoms with E-state index in [2.05, 4.69) is 13.8 Å². The zero-order valence-corrected chi connectivity index (χ0v) is 31.0. The molecule has 0 bridgehead atoms. The van der Waals surface area contributed by atoms with Gasteiger partial charge in [-0.3, -0.25) is 9.11 Å². The summed E-state index contributed by atoms with van der Waals surface area (Å²) >= 11 is 0. The highest BCUT2D eigenvalue weighted by Crippen LogP contribution is 2.26. The van der Waals surface area contributed by atoms with Crippen molar-refractivity contribution < 1.29 is 35.4 Å². The van der Waals surface area contributed by atoms with Gasteiger partial charge in [-0.25, -0.2) is 0 Å². The Hall–Kier alpha value is -1.36. The van der Waals surface area contributed by atoms with E-state index in [0.29, 0.717) is 37.2 Å². The van der Waals surface area contributed by atoms with Crippen LogP contribution in [0.3, 0.4) is 0 Å². The zero-order valence-electron chi connectivity index (χ0n) is 29.3. The van der Waals surface area contributed by atoms with E-state index in [0.717, 1.165) is 38.5 Å². The van der Waals surface area contributed by atoms with E-state index in [1.54, 1.807) is 0 Å². The maximum Gasteiger partial charge on any atom is 0.267 e. The lowest BCUT2D eigenvalue weighted by Crippen LogP contribution is -2.23. The molecule has 8 nitrogen and oxygen atoms in total. The Morgan fingerprint density at radius 2 is 0.761 bits per heavy atom. The molecule has 0 heterocycles. The molecule has 0 aliphatic carbocycles. The average Bonchev–Trinajstić information content (AvgIpc) is 3.00. The third-order valence-corrected chi connectivity index (χ3v) is 11.5. The fraction of sp³-hybridized carbons (Fsp3) is 0.833. The SMILES string of the molecule is CCCCCCCCCCC(CCC(C)S(=O)(=O)O)Oc1ccc(OC(CCCCCCCCCC)CCC(C)S(=O)(=O)O)cc1. The fourth-order valence-electron chi connectivity index (χ4n) is 5.66. The summed E-state index contributed by atoms with van der Waals surface area (Å²) in [5, 5.41) is -1.68. The monoisotopic (exact) mass is 690 g/mol. The number of hydrogen-bond donors (Lipinski definition) is 2. The van der Waals surface area contributed by atoms with Gasteiger partial charge in [-0.15, -0.1) is 0 Å². The molecule has 0 amide bonds. The zero-order chi connectivity index (χ0) is 34.3. The van der Waals surface area contributed by atoms with Crippen molar-refractivity contribution >= 4 is 20.2 Å². The second-order valence-corrected chi connectivity index (χ2v) is 17.0. The van der Waals surface area contributed by atoms with Gasteiger partial charge in [0, 0.05) is 0 Å².